The topological polar surface area (TPSA) is 23.8 Å². The lowest BCUT2D eigenvalue weighted by molar-refractivity contribution is 0.802. The summed E-state index contributed by atoms with van der Waals surface area (Å²) in [4.78, 5) is 0. The maximum absolute atomic E-state index is 9.40. The number of allylic oxidation sites excluding steroid dienone is 10. The first-order valence-electron chi connectivity index (χ1n) is 8.36. The first-order valence-corrected chi connectivity index (χ1v) is 11.9. The molecule has 2 aliphatic carbocycles. The lowest BCUT2D eigenvalue weighted by Crippen LogP contribution is -2.19. The van der Waals surface area contributed by atoms with E-state index in [0.29, 0.717) is 5.92 Å². The zero-order valence-electron chi connectivity index (χ0n) is 14.8. The molecule has 0 bridgehead atoms. The molecular weight excluding hydrogens is 294 g/mol. The molecule has 0 heterocycles. The standard InChI is InChI=1S/C21H27NSi/c1-6-8-17-9-7-10-18(12-17)21-11-16(2)19(14-22)13-20(21)15-23(3,4)5/h6-7,9,11-12,15,17H,1,8,10,13H2,2-5H3/b20-15+. The molecule has 120 valence electrons. The van der Waals surface area contributed by atoms with Gasteiger partial charge in [0.05, 0.1) is 14.1 Å². The van der Waals surface area contributed by atoms with Gasteiger partial charge in [0.15, 0.2) is 0 Å². The zero-order chi connectivity index (χ0) is 17.0. The first kappa shape index (κ1) is 17.5. The number of hydrogen-bond acceptors (Lipinski definition) is 1. The molecule has 0 saturated carbocycles. The van der Waals surface area contributed by atoms with Gasteiger partial charge in [0.25, 0.3) is 0 Å². The van der Waals surface area contributed by atoms with Crippen molar-refractivity contribution in [3.8, 4) is 6.07 Å². The quantitative estimate of drug-likeness (QED) is 0.457. The van der Waals surface area contributed by atoms with Crippen molar-refractivity contribution in [1.82, 2.24) is 0 Å². The summed E-state index contributed by atoms with van der Waals surface area (Å²) in [5.74, 6) is 0.451. The van der Waals surface area contributed by atoms with Crippen molar-refractivity contribution in [2.45, 2.75) is 45.8 Å². The molecule has 0 aromatic heterocycles. The molecule has 23 heavy (non-hydrogen) atoms. The van der Waals surface area contributed by atoms with Crippen molar-refractivity contribution >= 4 is 8.07 Å². The Morgan fingerprint density at radius 1 is 1.39 bits per heavy atom. The highest BCUT2D eigenvalue weighted by Gasteiger charge is 2.22. The summed E-state index contributed by atoms with van der Waals surface area (Å²) in [6, 6.07) is 2.38. The first-order chi connectivity index (χ1) is 10.8. The lowest BCUT2D eigenvalue weighted by Gasteiger charge is -2.25. The van der Waals surface area contributed by atoms with Gasteiger partial charge in [-0.05, 0) is 48.0 Å². The third kappa shape index (κ3) is 4.56. The maximum atomic E-state index is 9.40. The van der Waals surface area contributed by atoms with Crippen LogP contribution in [0.25, 0.3) is 0 Å². The van der Waals surface area contributed by atoms with E-state index in [4.69, 9.17) is 0 Å². The van der Waals surface area contributed by atoms with Crippen LogP contribution in [0, 0.1) is 17.2 Å². The summed E-state index contributed by atoms with van der Waals surface area (Å²) in [6.07, 6.45) is 13.9. The minimum atomic E-state index is -1.34. The monoisotopic (exact) mass is 321 g/mol. The van der Waals surface area contributed by atoms with E-state index in [1.54, 1.807) is 0 Å². The minimum Gasteiger partial charge on any atom is -0.193 e. The molecule has 0 aliphatic heterocycles. The summed E-state index contributed by atoms with van der Waals surface area (Å²) in [6.45, 7) is 13.0. The van der Waals surface area contributed by atoms with Crippen LogP contribution in [-0.2, 0) is 0 Å². The van der Waals surface area contributed by atoms with Gasteiger partial charge in [-0.15, -0.1) is 6.58 Å². The van der Waals surface area contributed by atoms with E-state index < -0.39 is 8.07 Å². The average Bonchev–Trinajstić information content (AvgIpc) is 2.48. The average molecular weight is 322 g/mol. The van der Waals surface area contributed by atoms with Crippen molar-refractivity contribution in [3.63, 3.8) is 0 Å². The molecule has 1 nitrogen and oxygen atoms in total. The van der Waals surface area contributed by atoms with Crippen LogP contribution in [0.2, 0.25) is 19.6 Å². The predicted octanol–water partition coefficient (Wildman–Crippen LogP) is 6.04. The molecule has 0 spiro atoms. The third-order valence-corrected chi connectivity index (χ3v) is 5.43. The fraction of sp³-hybridized carbons (Fsp3) is 0.381. The summed E-state index contributed by atoms with van der Waals surface area (Å²) in [5.41, 5.74) is 8.59. The molecule has 2 aliphatic rings. The van der Waals surface area contributed by atoms with E-state index in [9.17, 15) is 5.26 Å². The Morgan fingerprint density at radius 2 is 2.13 bits per heavy atom. The van der Waals surface area contributed by atoms with Crippen LogP contribution in [0.3, 0.4) is 0 Å². The van der Waals surface area contributed by atoms with Gasteiger partial charge < -0.3 is 0 Å². The van der Waals surface area contributed by atoms with Crippen LogP contribution in [0.1, 0.15) is 26.2 Å². The molecule has 2 rings (SSSR count). The van der Waals surface area contributed by atoms with Gasteiger partial charge in [-0.3, -0.25) is 0 Å². The highest BCUT2D eigenvalue weighted by Crippen LogP contribution is 2.37. The number of nitrogens with zero attached hydrogens (tertiary/aromatic N) is 1. The molecule has 0 aromatic rings. The lowest BCUT2D eigenvalue weighted by atomic mass is 9.82. The Balaban J connectivity index is 2.47. The van der Waals surface area contributed by atoms with Gasteiger partial charge in [0.1, 0.15) is 0 Å². The van der Waals surface area contributed by atoms with Gasteiger partial charge in [-0.25, -0.2) is 0 Å². The third-order valence-electron chi connectivity index (χ3n) is 4.21. The maximum Gasteiger partial charge on any atom is 0.0953 e. The van der Waals surface area contributed by atoms with Gasteiger partial charge in [-0.1, -0.05) is 55.7 Å². The second kappa shape index (κ2) is 7.15. The second-order valence-electron chi connectivity index (χ2n) is 7.56. The molecule has 0 saturated heterocycles. The Labute approximate surface area is 142 Å². The van der Waals surface area contributed by atoms with E-state index in [1.807, 2.05) is 6.08 Å². The van der Waals surface area contributed by atoms with Crippen molar-refractivity contribution in [1.29, 1.82) is 5.26 Å². The number of hydrogen-bond donors (Lipinski definition) is 0. The molecule has 1 atom stereocenters. The zero-order valence-corrected chi connectivity index (χ0v) is 15.8. The van der Waals surface area contributed by atoms with Gasteiger partial charge in [0, 0.05) is 12.0 Å². The molecule has 1 unspecified atom stereocenters. The molecular formula is C21H27NSi. The minimum absolute atomic E-state index is 0.451. The van der Waals surface area contributed by atoms with E-state index in [1.165, 1.54) is 16.7 Å². The van der Waals surface area contributed by atoms with Crippen LogP contribution in [0.15, 0.2) is 70.5 Å². The molecule has 0 amide bonds. The van der Waals surface area contributed by atoms with E-state index in [2.05, 4.69) is 69.2 Å². The largest absolute Gasteiger partial charge is 0.193 e. The summed E-state index contributed by atoms with van der Waals surface area (Å²) in [7, 11) is -1.34. The molecule has 0 aromatic carbocycles. The van der Waals surface area contributed by atoms with Crippen molar-refractivity contribution in [2.75, 3.05) is 0 Å². The normalized spacial score (nSPS) is 23.4. The Bertz CT molecular complexity index is 684. The molecule has 0 fully saturated rings. The summed E-state index contributed by atoms with van der Waals surface area (Å²) >= 11 is 0. The summed E-state index contributed by atoms with van der Waals surface area (Å²) < 4.78 is 0. The Kier molecular flexibility index (Phi) is 5.44. The van der Waals surface area contributed by atoms with Crippen LogP contribution in [0.5, 0.6) is 0 Å². The number of nitriles is 1. The van der Waals surface area contributed by atoms with Crippen LogP contribution in [0.4, 0.5) is 0 Å². The molecule has 0 N–H and O–H groups in total. The summed E-state index contributed by atoms with van der Waals surface area (Å²) in [5, 5.41) is 9.40. The SMILES string of the molecule is C=CCC1C=CCC(C2=CC(C)=C(C#N)C/C2=C\[Si](C)(C)C)=C1. The van der Waals surface area contributed by atoms with E-state index in [0.717, 1.165) is 30.4 Å². The molecule has 2 heteroatoms. The van der Waals surface area contributed by atoms with E-state index >= 15 is 0 Å². The van der Waals surface area contributed by atoms with Crippen LogP contribution >= 0.6 is 0 Å². The van der Waals surface area contributed by atoms with Gasteiger partial charge in [-0.2, -0.15) is 5.26 Å². The predicted molar refractivity (Wildman–Crippen MR) is 103 cm³/mol. The van der Waals surface area contributed by atoms with Gasteiger partial charge >= 0.3 is 0 Å². The van der Waals surface area contributed by atoms with Crippen LogP contribution < -0.4 is 0 Å². The Hall–Kier alpha value is -1.85. The van der Waals surface area contributed by atoms with Crippen molar-refractivity contribution < 1.29 is 0 Å². The van der Waals surface area contributed by atoms with Crippen LogP contribution in [-0.4, -0.2) is 8.07 Å². The van der Waals surface area contributed by atoms with E-state index in [-0.39, 0.29) is 0 Å². The smallest absolute Gasteiger partial charge is 0.0953 e. The highest BCUT2D eigenvalue weighted by atomic mass is 28.3. The molecule has 0 radical (unpaired) electrons. The highest BCUT2D eigenvalue weighted by molar-refractivity contribution is 6.81. The number of rotatable bonds is 4. The fourth-order valence-electron chi connectivity index (χ4n) is 3.19. The van der Waals surface area contributed by atoms with Crippen molar-refractivity contribution in [3.05, 3.63) is 70.5 Å². The fourth-order valence-corrected chi connectivity index (χ4v) is 4.49. The second-order valence-corrected chi connectivity index (χ2v) is 12.6. The van der Waals surface area contributed by atoms with Gasteiger partial charge in [0.2, 0.25) is 0 Å². The Morgan fingerprint density at radius 3 is 2.74 bits per heavy atom. The van der Waals surface area contributed by atoms with Crippen molar-refractivity contribution in [2.24, 2.45) is 5.92 Å².